The molecule has 0 bridgehead atoms. The lowest BCUT2D eigenvalue weighted by atomic mass is 9.90. The number of rotatable bonds is 5. The molecule has 4 heteroatoms. The van der Waals surface area contributed by atoms with Crippen molar-refractivity contribution in [2.24, 2.45) is 5.92 Å². The van der Waals surface area contributed by atoms with Gasteiger partial charge in [0, 0.05) is 25.2 Å². The second-order valence-corrected chi connectivity index (χ2v) is 5.97. The average molecular weight is 311 g/mol. The van der Waals surface area contributed by atoms with E-state index in [4.69, 9.17) is 9.52 Å². The van der Waals surface area contributed by atoms with Crippen LogP contribution in [0.5, 0.6) is 0 Å². The maximum Gasteiger partial charge on any atom is 0.328 e. The molecule has 1 aromatic carbocycles. The molecule has 0 aliphatic carbocycles. The summed E-state index contributed by atoms with van der Waals surface area (Å²) in [5, 5.41) is 8.64. The van der Waals surface area contributed by atoms with Crippen molar-refractivity contribution in [3.63, 3.8) is 0 Å². The van der Waals surface area contributed by atoms with Gasteiger partial charge in [-0.2, -0.15) is 0 Å². The van der Waals surface area contributed by atoms with Gasteiger partial charge < -0.3 is 14.4 Å². The fourth-order valence-electron chi connectivity index (χ4n) is 3.06. The van der Waals surface area contributed by atoms with Crippen molar-refractivity contribution in [3.8, 4) is 0 Å². The predicted octanol–water partition coefficient (Wildman–Crippen LogP) is 3.84. The van der Waals surface area contributed by atoms with Crippen LogP contribution in [0.4, 0.5) is 5.88 Å². The number of furan rings is 1. The first-order valence-electron chi connectivity index (χ1n) is 8.00. The number of carboxylic acid groups (broad SMARTS) is 1. The highest BCUT2D eigenvalue weighted by molar-refractivity contribution is 5.84. The van der Waals surface area contributed by atoms with Crippen LogP contribution in [0.1, 0.15) is 24.2 Å². The van der Waals surface area contributed by atoms with Crippen molar-refractivity contribution < 1.29 is 14.3 Å². The van der Waals surface area contributed by atoms with Gasteiger partial charge in [0.1, 0.15) is 5.76 Å². The average Bonchev–Trinajstić information content (AvgIpc) is 3.04. The van der Waals surface area contributed by atoms with Crippen LogP contribution in [-0.2, 0) is 11.2 Å². The lowest BCUT2D eigenvalue weighted by Gasteiger charge is -2.31. The molecule has 1 fully saturated rings. The smallest absolute Gasteiger partial charge is 0.328 e. The SMILES string of the molecule is O=C(O)/C=C/c1ccc(N2CCC(Cc3ccccc3)CC2)o1. The second-order valence-electron chi connectivity index (χ2n) is 5.97. The van der Waals surface area contributed by atoms with E-state index in [-0.39, 0.29) is 0 Å². The van der Waals surface area contributed by atoms with Gasteiger partial charge in [-0.25, -0.2) is 4.79 Å². The van der Waals surface area contributed by atoms with Crippen LogP contribution in [0.25, 0.3) is 6.08 Å². The number of hydrogen-bond donors (Lipinski definition) is 1. The van der Waals surface area contributed by atoms with Gasteiger partial charge in [0.2, 0.25) is 0 Å². The summed E-state index contributed by atoms with van der Waals surface area (Å²) < 4.78 is 5.70. The molecule has 2 heterocycles. The monoisotopic (exact) mass is 311 g/mol. The molecule has 0 unspecified atom stereocenters. The van der Waals surface area contributed by atoms with Crippen LogP contribution in [0.3, 0.4) is 0 Å². The molecule has 3 rings (SSSR count). The normalized spacial score (nSPS) is 16.1. The van der Waals surface area contributed by atoms with Gasteiger partial charge in [-0.1, -0.05) is 30.3 Å². The first-order chi connectivity index (χ1) is 11.2. The van der Waals surface area contributed by atoms with E-state index in [9.17, 15) is 4.79 Å². The largest absolute Gasteiger partial charge is 0.478 e. The number of carboxylic acids is 1. The number of benzene rings is 1. The fraction of sp³-hybridized carbons (Fsp3) is 0.316. The van der Waals surface area contributed by atoms with Gasteiger partial charge in [-0.15, -0.1) is 0 Å². The third-order valence-corrected chi connectivity index (χ3v) is 4.30. The molecule has 0 spiro atoms. The quantitative estimate of drug-likeness (QED) is 0.853. The minimum absolute atomic E-state index is 0.578. The summed E-state index contributed by atoms with van der Waals surface area (Å²) in [5.41, 5.74) is 1.41. The van der Waals surface area contributed by atoms with Gasteiger partial charge in [0.05, 0.1) is 0 Å². The van der Waals surface area contributed by atoms with Crippen molar-refractivity contribution in [1.29, 1.82) is 0 Å². The number of anilines is 1. The number of piperidine rings is 1. The first kappa shape index (κ1) is 15.4. The highest BCUT2D eigenvalue weighted by Gasteiger charge is 2.21. The molecular formula is C19H21NO3. The predicted molar refractivity (Wildman–Crippen MR) is 90.5 cm³/mol. The molecular weight excluding hydrogens is 290 g/mol. The summed E-state index contributed by atoms with van der Waals surface area (Å²) in [6.45, 7) is 1.96. The summed E-state index contributed by atoms with van der Waals surface area (Å²) in [7, 11) is 0. The summed E-state index contributed by atoms with van der Waals surface area (Å²) >= 11 is 0. The molecule has 0 amide bonds. The van der Waals surface area contributed by atoms with Crippen LogP contribution in [-0.4, -0.2) is 24.2 Å². The Hall–Kier alpha value is -2.49. The molecule has 1 aromatic heterocycles. The Morgan fingerprint density at radius 2 is 1.91 bits per heavy atom. The van der Waals surface area contributed by atoms with Crippen molar-refractivity contribution in [3.05, 3.63) is 59.9 Å². The molecule has 4 nitrogen and oxygen atoms in total. The summed E-state index contributed by atoms with van der Waals surface area (Å²) in [5.74, 6) is 1.15. The van der Waals surface area contributed by atoms with Gasteiger partial charge in [0.15, 0.2) is 5.88 Å². The van der Waals surface area contributed by atoms with Crippen LogP contribution in [0.2, 0.25) is 0 Å². The van der Waals surface area contributed by atoms with Gasteiger partial charge in [-0.3, -0.25) is 0 Å². The minimum Gasteiger partial charge on any atom is -0.478 e. The van der Waals surface area contributed by atoms with E-state index in [0.717, 1.165) is 50.2 Å². The van der Waals surface area contributed by atoms with Gasteiger partial charge >= 0.3 is 5.97 Å². The molecule has 1 saturated heterocycles. The first-order valence-corrected chi connectivity index (χ1v) is 8.00. The molecule has 1 N–H and O–H groups in total. The topological polar surface area (TPSA) is 53.7 Å². The minimum atomic E-state index is -0.968. The summed E-state index contributed by atoms with van der Waals surface area (Å²) in [6, 6.07) is 14.4. The van der Waals surface area contributed by atoms with Crippen LogP contribution < -0.4 is 4.90 Å². The third kappa shape index (κ3) is 4.25. The standard InChI is InChI=1S/C19H21NO3/c21-19(22)9-7-17-6-8-18(23-17)20-12-10-16(11-13-20)14-15-4-2-1-3-5-15/h1-9,16H,10-14H2,(H,21,22)/b9-7+. The Kier molecular flexibility index (Phi) is 4.81. The number of carbonyl (C=O) groups is 1. The van der Waals surface area contributed by atoms with Crippen molar-refractivity contribution in [1.82, 2.24) is 0 Å². The Morgan fingerprint density at radius 3 is 2.61 bits per heavy atom. The molecule has 23 heavy (non-hydrogen) atoms. The zero-order valence-electron chi connectivity index (χ0n) is 13.0. The highest BCUT2D eigenvalue weighted by atomic mass is 16.4. The fourth-order valence-corrected chi connectivity index (χ4v) is 3.06. The Bertz CT molecular complexity index is 667. The third-order valence-electron chi connectivity index (χ3n) is 4.30. The van der Waals surface area contributed by atoms with E-state index >= 15 is 0 Å². The summed E-state index contributed by atoms with van der Waals surface area (Å²) in [4.78, 5) is 12.8. The molecule has 0 saturated carbocycles. The van der Waals surface area contributed by atoms with E-state index in [0.29, 0.717) is 5.76 Å². The maximum absolute atomic E-state index is 10.5. The second kappa shape index (κ2) is 7.18. The molecule has 0 atom stereocenters. The maximum atomic E-state index is 10.5. The summed E-state index contributed by atoms with van der Waals surface area (Å²) in [6.07, 6.45) is 6.01. The van der Waals surface area contributed by atoms with E-state index < -0.39 is 5.97 Å². The van der Waals surface area contributed by atoms with Crippen LogP contribution in [0.15, 0.2) is 53.0 Å². The molecule has 1 aliphatic rings. The van der Waals surface area contributed by atoms with Crippen molar-refractivity contribution in [2.45, 2.75) is 19.3 Å². The van der Waals surface area contributed by atoms with Gasteiger partial charge in [-0.05, 0) is 42.9 Å². The Balaban J connectivity index is 1.54. The van der Waals surface area contributed by atoms with E-state index in [1.165, 1.54) is 11.6 Å². The molecule has 2 aromatic rings. The Morgan fingerprint density at radius 1 is 1.17 bits per heavy atom. The van der Waals surface area contributed by atoms with Crippen molar-refractivity contribution in [2.75, 3.05) is 18.0 Å². The lowest BCUT2D eigenvalue weighted by molar-refractivity contribution is -0.131. The zero-order chi connectivity index (χ0) is 16.1. The number of aliphatic carboxylic acids is 1. The van der Waals surface area contributed by atoms with Crippen molar-refractivity contribution >= 4 is 17.9 Å². The van der Waals surface area contributed by atoms with Crippen LogP contribution >= 0.6 is 0 Å². The molecule has 120 valence electrons. The zero-order valence-corrected chi connectivity index (χ0v) is 13.0. The van der Waals surface area contributed by atoms with E-state index in [1.54, 1.807) is 0 Å². The van der Waals surface area contributed by atoms with E-state index in [2.05, 4.69) is 35.2 Å². The lowest BCUT2D eigenvalue weighted by Crippen LogP contribution is -2.34. The van der Waals surface area contributed by atoms with E-state index in [1.807, 2.05) is 12.1 Å². The Labute approximate surface area is 136 Å². The molecule has 1 aliphatic heterocycles. The van der Waals surface area contributed by atoms with Gasteiger partial charge in [0.25, 0.3) is 0 Å². The highest BCUT2D eigenvalue weighted by Crippen LogP contribution is 2.27. The number of nitrogens with zero attached hydrogens (tertiary/aromatic N) is 1. The van der Waals surface area contributed by atoms with Crippen LogP contribution in [0, 0.1) is 5.92 Å². The molecule has 0 radical (unpaired) electrons. The number of hydrogen-bond acceptors (Lipinski definition) is 3.